The van der Waals surface area contributed by atoms with Crippen molar-refractivity contribution in [3.05, 3.63) is 32.5 Å². The summed E-state index contributed by atoms with van der Waals surface area (Å²) in [6.07, 6.45) is 0. The SMILES string of the molecule is Cc1nn(Cc2csc(Cl)n2)c(C)c1C. The highest BCUT2D eigenvalue weighted by Crippen LogP contribution is 2.17. The lowest BCUT2D eigenvalue weighted by molar-refractivity contribution is 0.649. The Morgan fingerprint density at radius 2 is 2.13 bits per heavy atom. The van der Waals surface area contributed by atoms with Crippen molar-refractivity contribution in [3.8, 4) is 0 Å². The van der Waals surface area contributed by atoms with Gasteiger partial charge in [0, 0.05) is 11.1 Å². The first-order valence-corrected chi connectivity index (χ1v) is 5.94. The van der Waals surface area contributed by atoms with E-state index in [0.717, 1.165) is 11.4 Å². The van der Waals surface area contributed by atoms with Gasteiger partial charge < -0.3 is 0 Å². The molecule has 0 saturated carbocycles. The van der Waals surface area contributed by atoms with E-state index in [9.17, 15) is 0 Å². The summed E-state index contributed by atoms with van der Waals surface area (Å²) in [5.74, 6) is 0. The molecule has 0 bridgehead atoms. The number of aromatic nitrogens is 3. The molecule has 0 aliphatic heterocycles. The molecule has 0 amide bonds. The fourth-order valence-electron chi connectivity index (χ4n) is 1.45. The normalized spacial score (nSPS) is 10.9. The molecule has 0 spiro atoms. The monoisotopic (exact) mass is 241 g/mol. The number of hydrogen-bond acceptors (Lipinski definition) is 3. The van der Waals surface area contributed by atoms with Crippen molar-refractivity contribution in [2.24, 2.45) is 0 Å². The molecule has 0 saturated heterocycles. The Morgan fingerprint density at radius 1 is 1.40 bits per heavy atom. The molecular formula is C10H12ClN3S. The molecule has 0 N–H and O–H groups in total. The Bertz CT molecular complexity index is 487. The Labute approximate surface area is 97.7 Å². The zero-order valence-electron chi connectivity index (χ0n) is 8.91. The van der Waals surface area contributed by atoms with Gasteiger partial charge in [-0.25, -0.2) is 4.98 Å². The summed E-state index contributed by atoms with van der Waals surface area (Å²) in [7, 11) is 0. The molecule has 2 heterocycles. The van der Waals surface area contributed by atoms with Crippen LogP contribution < -0.4 is 0 Å². The highest BCUT2D eigenvalue weighted by atomic mass is 35.5. The standard InChI is InChI=1S/C10H12ClN3S/c1-6-7(2)13-14(8(6)3)4-9-5-15-10(11)12-9/h5H,4H2,1-3H3. The Morgan fingerprint density at radius 3 is 2.60 bits per heavy atom. The summed E-state index contributed by atoms with van der Waals surface area (Å²) >= 11 is 7.23. The quantitative estimate of drug-likeness (QED) is 0.809. The van der Waals surface area contributed by atoms with Gasteiger partial charge in [-0.05, 0) is 26.3 Å². The van der Waals surface area contributed by atoms with Crippen LogP contribution in [0.4, 0.5) is 0 Å². The predicted molar refractivity (Wildman–Crippen MR) is 62.7 cm³/mol. The van der Waals surface area contributed by atoms with Gasteiger partial charge in [0.25, 0.3) is 0 Å². The van der Waals surface area contributed by atoms with E-state index in [1.54, 1.807) is 0 Å². The van der Waals surface area contributed by atoms with Crippen LogP contribution in [0.15, 0.2) is 5.38 Å². The first-order chi connectivity index (χ1) is 7.08. The second kappa shape index (κ2) is 3.94. The zero-order valence-corrected chi connectivity index (χ0v) is 10.5. The van der Waals surface area contributed by atoms with Crippen LogP contribution >= 0.6 is 22.9 Å². The van der Waals surface area contributed by atoms with E-state index in [0.29, 0.717) is 11.0 Å². The van der Waals surface area contributed by atoms with E-state index < -0.39 is 0 Å². The van der Waals surface area contributed by atoms with Crippen molar-refractivity contribution in [1.82, 2.24) is 14.8 Å². The molecule has 0 aliphatic carbocycles. The van der Waals surface area contributed by atoms with Crippen molar-refractivity contribution < 1.29 is 0 Å². The lowest BCUT2D eigenvalue weighted by Crippen LogP contribution is -2.04. The summed E-state index contributed by atoms with van der Waals surface area (Å²) in [5, 5.41) is 6.42. The highest BCUT2D eigenvalue weighted by molar-refractivity contribution is 7.13. The van der Waals surface area contributed by atoms with Crippen LogP contribution in [-0.4, -0.2) is 14.8 Å². The third kappa shape index (κ3) is 2.06. The smallest absolute Gasteiger partial charge is 0.183 e. The van der Waals surface area contributed by atoms with Gasteiger partial charge in [-0.2, -0.15) is 5.10 Å². The predicted octanol–water partition coefficient (Wildman–Crippen LogP) is 2.97. The Hall–Kier alpha value is -0.870. The number of rotatable bonds is 2. The van der Waals surface area contributed by atoms with E-state index >= 15 is 0 Å². The molecule has 0 atom stereocenters. The molecule has 0 unspecified atom stereocenters. The van der Waals surface area contributed by atoms with E-state index in [2.05, 4.69) is 23.9 Å². The molecule has 5 heteroatoms. The fourth-order valence-corrected chi connectivity index (χ4v) is 2.22. The Kier molecular flexibility index (Phi) is 2.80. The van der Waals surface area contributed by atoms with Crippen LogP contribution in [0.5, 0.6) is 0 Å². The number of thiazole rings is 1. The summed E-state index contributed by atoms with van der Waals surface area (Å²) in [4.78, 5) is 4.21. The first-order valence-electron chi connectivity index (χ1n) is 4.68. The maximum atomic E-state index is 5.78. The van der Waals surface area contributed by atoms with Crippen molar-refractivity contribution in [2.75, 3.05) is 0 Å². The van der Waals surface area contributed by atoms with Gasteiger partial charge in [0.15, 0.2) is 4.47 Å². The number of aryl methyl sites for hydroxylation is 1. The van der Waals surface area contributed by atoms with Crippen molar-refractivity contribution in [1.29, 1.82) is 0 Å². The second-order valence-corrected chi connectivity index (χ2v) is 4.99. The number of nitrogens with zero attached hydrogens (tertiary/aromatic N) is 3. The lowest BCUT2D eigenvalue weighted by Gasteiger charge is -2.01. The topological polar surface area (TPSA) is 30.7 Å². The lowest BCUT2D eigenvalue weighted by atomic mass is 10.2. The number of halogens is 1. The molecule has 0 radical (unpaired) electrons. The van der Waals surface area contributed by atoms with Gasteiger partial charge in [0.05, 0.1) is 17.9 Å². The molecule has 0 aromatic carbocycles. The molecule has 2 rings (SSSR count). The van der Waals surface area contributed by atoms with Gasteiger partial charge >= 0.3 is 0 Å². The van der Waals surface area contributed by atoms with E-state index in [1.165, 1.54) is 22.6 Å². The van der Waals surface area contributed by atoms with Crippen LogP contribution in [-0.2, 0) is 6.54 Å². The molecule has 2 aromatic heterocycles. The molecule has 15 heavy (non-hydrogen) atoms. The maximum Gasteiger partial charge on any atom is 0.183 e. The molecular weight excluding hydrogens is 230 g/mol. The summed E-state index contributed by atoms with van der Waals surface area (Å²) in [5.41, 5.74) is 4.48. The average molecular weight is 242 g/mol. The molecule has 2 aromatic rings. The van der Waals surface area contributed by atoms with Gasteiger partial charge in [0.2, 0.25) is 0 Å². The van der Waals surface area contributed by atoms with Gasteiger partial charge in [-0.1, -0.05) is 11.6 Å². The van der Waals surface area contributed by atoms with Crippen molar-refractivity contribution in [2.45, 2.75) is 27.3 Å². The third-order valence-corrected chi connectivity index (χ3v) is 3.61. The summed E-state index contributed by atoms with van der Waals surface area (Å²) in [6.45, 7) is 6.88. The average Bonchev–Trinajstić information content (AvgIpc) is 2.68. The van der Waals surface area contributed by atoms with Crippen LogP contribution in [0.3, 0.4) is 0 Å². The Balaban J connectivity index is 2.28. The van der Waals surface area contributed by atoms with Gasteiger partial charge in [0.1, 0.15) is 0 Å². The molecule has 0 fully saturated rings. The van der Waals surface area contributed by atoms with Crippen LogP contribution in [0, 0.1) is 20.8 Å². The van der Waals surface area contributed by atoms with Crippen molar-refractivity contribution in [3.63, 3.8) is 0 Å². The van der Waals surface area contributed by atoms with Gasteiger partial charge in [-0.3, -0.25) is 4.68 Å². The molecule has 0 aliphatic rings. The minimum absolute atomic E-state index is 0.586. The minimum Gasteiger partial charge on any atom is -0.263 e. The van der Waals surface area contributed by atoms with E-state index in [-0.39, 0.29) is 0 Å². The minimum atomic E-state index is 0.586. The zero-order chi connectivity index (χ0) is 11.0. The van der Waals surface area contributed by atoms with Crippen LogP contribution in [0.25, 0.3) is 0 Å². The van der Waals surface area contributed by atoms with E-state index in [4.69, 9.17) is 11.6 Å². The summed E-state index contributed by atoms with van der Waals surface area (Å²) < 4.78 is 2.55. The highest BCUT2D eigenvalue weighted by Gasteiger charge is 2.08. The van der Waals surface area contributed by atoms with Crippen molar-refractivity contribution >= 4 is 22.9 Å². The van der Waals surface area contributed by atoms with Crippen LogP contribution in [0.2, 0.25) is 4.47 Å². The van der Waals surface area contributed by atoms with Crippen LogP contribution in [0.1, 0.15) is 22.6 Å². The van der Waals surface area contributed by atoms with Gasteiger partial charge in [-0.15, -0.1) is 11.3 Å². The maximum absolute atomic E-state index is 5.78. The fraction of sp³-hybridized carbons (Fsp3) is 0.400. The first kappa shape index (κ1) is 10.6. The second-order valence-electron chi connectivity index (χ2n) is 3.55. The number of hydrogen-bond donors (Lipinski definition) is 0. The molecule has 80 valence electrons. The molecule has 3 nitrogen and oxygen atoms in total. The summed E-state index contributed by atoms with van der Waals surface area (Å²) in [6, 6.07) is 0. The largest absolute Gasteiger partial charge is 0.263 e. The third-order valence-electron chi connectivity index (χ3n) is 2.58. The van der Waals surface area contributed by atoms with E-state index in [1.807, 2.05) is 17.0 Å².